The van der Waals surface area contributed by atoms with Crippen molar-refractivity contribution in [3.63, 3.8) is 0 Å². The average Bonchev–Trinajstić information content (AvgIpc) is 3.49. The standard InChI is InChI=1S/C20H29N5O2/c26-20(18-10-21-5-6-22-18)24-7-3-15(4-8-24)23-16-9-17-13-27-19(14-1-2-14)12-25(17)11-16/h5-6,10,14-17,19,23H,1-4,7-9,11-13H2/t16-,17+,19-/m1/s1. The molecule has 4 heterocycles. The van der Waals surface area contributed by atoms with Crippen LogP contribution >= 0.6 is 0 Å². The Balaban J connectivity index is 1.09. The first-order valence-electron chi connectivity index (χ1n) is 10.4. The van der Waals surface area contributed by atoms with Crippen LogP contribution in [0.4, 0.5) is 0 Å². The molecule has 7 heteroatoms. The minimum absolute atomic E-state index is 0.00261. The van der Waals surface area contributed by atoms with E-state index in [4.69, 9.17) is 4.74 Å². The Morgan fingerprint density at radius 2 is 1.96 bits per heavy atom. The third-order valence-electron chi connectivity index (χ3n) is 6.63. The molecule has 1 aromatic heterocycles. The number of rotatable bonds is 4. The van der Waals surface area contributed by atoms with Gasteiger partial charge >= 0.3 is 0 Å². The highest BCUT2D eigenvalue weighted by Crippen LogP contribution is 2.38. The molecule has 7 nitrogen and oxygen atoms in total. The number of morpholine rings is 1. The van der Waals surface area contributed by atoms with E-state index in [2.05, 4.69) is 20.2 Å². The van der Waals surface area contributed by atoms with Gasteiger partial charge < -0.3 is 15.0 Å². The fraction of sp³-hybridized carbons (Fsp3) is 0.750. The molecule has 0 unspecified atom stereocenters. The minimum Gasteiger partial charge on any atom is -0.375 e. The van der Waals surface area contributed by atoms with Gasteiger partial charge in [0.05, 0.1) is 18.9 Å². The maximum Gasteiger partial charge on any atom is 0.274 e. The Labute approximate surface area is 160 Å². The van der Waals surface area contributed by atoms with Crippen molar-refractivity contribution in [3.8, 4) is 0 Å². The van der Waals surface area contributed by atoms with Crippen molar-refractivity contribution < 1.29 is 9.53 Å². The zero-order valence-corrected chi connectivity index (χ0v) is 15.8. The van der Waals surface area contributed by atoms with E-state index in [1.54, 1.807) is 18.6 Å². The molecule has 1 amide bonds. The lowest BCUT2D eigenvalue weighted by molar-refractivity contribution is -0.0581. The highest BCUT2D eigenvalue weighted by atomic mass is 16.5. The lowest BCUT2D eigenvalue weighted by Crippen LogP contribution is -2.49. The van der Waals surface area contributed by atoms with Gasteiger partial charge in [0, 0.05) is 56.7 Å². The van der Waals surface area contributed by atoms with E-state index in [-0.39, 0.29) is 5.91 Å². The third-order valence-corrected chi connectivity index (χ3v) is 6.63. The van der Waals surface area contributed by atoms with Gasteiger partial charge in [0.15, 0.2) is 0 Å². The van der Waals surface area contributed by atoms with Crippen LogP contribution in [0.1, 0.15) is 42.6 Å². The Morgan fingerprint density at radius 3 is 2.70 bits per heavy atom. The molecular formula is C20H29N5O2. The summed E-state index contributed by atoms with van der Waals surface area (Å²) >= 11 is 0. The zero-order chi connectivity index (χ0) is 18.2. The maximum atomic E-state index is 12.5. The van der Waals surface area contributed by atoms with Crippen LogP contribution in [0.5, 0.6) is 0 Å². The number of piperidine rings is 1. The van der Waals surface area contributed by atoms with E-state index in [1.807, 2.05) is 4.90 Å². The molecule has 1 aromatic rings. The summed E-state index contributed by atoms with van der Waals surface area (Å²) in [5.41, 5.74) is 0.446. The topological polar surface area (TPSA) is 70.6 Å². The first-order chi connectivity index (χ1) is 13.3. The zero-order valence-electron chi connectivity index (χ0n) is 15.8. The Hall–Kier alpha value is -1.57. The van der Waals surface area contributed by atoms with Gasteiger partial charge in [-0.1, -0.05) is 0 Å². The van der Waals surface area contributed by atoms with Gasteiger partial charge in [0.25, 0.3) is 5.91 Å². The van der Waals surface area contributed by atoms with E-state index in [9.17, 15) is 4.79 Å². The number of carbonyl (C=O) groups excluding carboxylic acids is 1. The summed E-state index contributed by atoms with van der Waals surface area (Å²) in [6.45, 7) is 4.76. The van der Waals surface area contributed by atoms with E-state index < -0.39 is 0 Å². The highest BCUT2D eigenvalue weighted by Gasteiger charge is 2.42. The van der Waals surface area contributed by atoms with Crippen LogP contribution in [0.25, 0.3) is 0 Å². The van der Waals surface area contributed by atoms with Gasteiger partial charge in [-0.25, -0.2) is 4.98 Å². The van der Waals surface area contributed by atoms with Gasteiger partial charge in [0.1, 0.15) is 5.69 Å². The fourth-order valence-electron chi connectivity index (χ4n) is 4.93. The van der Waals surface area contributed by atoms with Crippen LogP contribution in [-0.2, 0) is 4.74 Å². The molecule has 0 radical (unpaired) electrons. The smallest absolute Gasteiger partial charge is 0.274 e. The van der Waals surface area contributed by atoms with Gasteiger partial charge in [-0.2, -0.15) is 0 Å². The van der Waals surface area contributed by atoms with Crippen molar-refractivity contribution >= 4 is 5.91 Å². The largest absolute Gasteiger partial charge is 0.375 e. The summed E-state index contributed by atoms with van der Waals surface area (Å²) in [6.07, 6.45) is 11.1. The molecule has 4 fully saturated rings. The average molecular weight is 371 g/mol. The molecule has 1 saturated carbocycles. The van der Waals surface area contributed by atoms with Crippen LogP contribution in [-0.4, -0.2) is 82.7 Å². The Morgan fingerprint density at radius 1 is 1.11 bits per heavy atom. The van der Waals surface area contributed by atoms with Crippen LogP contribution in [0.15, 0.2) is 18.6 Å². The number of amides is 1. The SMILES string of the molecule is O=C(c1cnccn1)N1CCC(N[C@@H]2C[C@H]3CO[C@@H](C4CC4)CN3C2)CC1. The van der Waals surface area contributed by atoms with Crippen molar-refractivity contribution in [2.75, 3.05) is 32.8 Å². The molecule has 3 atom stereocenters. The van der Waals surface area contributed by atoms with Crippen LogP contribution in [0, 0.1) is 5.92 Å². The molecule has 3 aliphatic heterocycles. The van der Waals surface area contributed by atoms with Gasteiger partial charge in [-0.05, 0) is 38.0 Å². The summed E-state index contributed by atoms with van der Waals surface area (Å²) < 4.78 is 6.11. The van der Waals surface area contributed by atoms with Gasteiger partial charge in [-0.3, -0.25) is 14.7 Å². The number of hydrogen-bond acceptors (Lipinski definition) is 6. The van der Waals surface area contributed by atoms with Gasteiger partial charge in [0.2, 0.25) is 0 Å². The lowest BCUT2D eigenvalue weighted by Gasteiger charge is -2.35. The number of hydrogen-bond donors (Lipinski definition) is 1. The Bertz CT molecular complexity index is 660. The molecule has 0 aromatic carbocycles. The molecule has 3 saturated heterocycles. The number of aromatic nitrogens is 2. The predicted octanol–water partition coefficient (Wildman–Crippen LogP) is 0.923. The number of fused-ring (bicyclic) bond motifs is 1. The summed E-state index contributed by atoms with van der Waals surface area (Å²) in [7, 11) is 0. The highest BCUT2D eigenvalue weighted by molar-refractivity contribution is 5.92. The quantitative estimate of drug-likeness (QED) is 0.849. The summed E-state index contributed by atoms with van der Waals surface area (Å²) in [4.78, 5) is 25.2. The molecule has 1 N–H and O–H groups in total. The second kappa shape index (κ2) is 7.45. The van der Waals surface area contributed by atoms with Crippen molar-refractivity contribution in [2.24, 2.45) is 5.92 Å². The Kier molecular flexibility index (Phi) is 4.83. The molecular weight excluding hydrogens is 342 g/mol. The molecule has 0 bridgehead atoms. The van der Waals surface area contributed by atoms with E-state index in [0.29, 0.717) is 29.9 Å². The normalized spacial score (nSPS) is 32.4. The van der Waals surface area contributed by atoms with Crippen LogP contribution in [0.2, 0.25) is 0 Å². The number of carbonyl (C=O) groups is 1. The van der Waals surface area contributed by atoms with E-state index in [0.717, 1.165) is 51.5 Å². The maximum absolute atomic E-state index is 12.5. The van der Waals surface area contributed by atoms with Crippen molar-refractivity contribution in [2.45, 2.75) is 56.3 Å². The van der Waals surface area contributed by atoms with Gasteiger partial charge in [-0.15, -0.1) is 0 Å². The van der Waals surface area contributed by atoms with Crippen molar-refractivity contribution in [1.29, 1.82) is 0 Å². The molecule has 27 heavy (non-hydrogen) atoms. The monoisotopic (exact) mass is 371 g/mol. The minimum atomic E-state index is 0.00261. The summed E-state index contributed by atoms with van der Waals surface area (Å²) in [5, 5.41) is 3.87. The number of nitrogens with zero attached hydrogens (tertiary/aromatic N) is 4. The third kappa shape index (κ3) is 3.86. The molecule has 0 spiro atoms. The van der Waals surface area contributed by atoms with Crippen molar-refractivity contribution in [1.82, 2.24) is 25.1 Å². The number of nitrogens with one attached hydrogen (secondary N) is 1. The second-order valence-corrected chi connectivity index (χ2v) is 8.57. The predicted molar refractivity (Wildman–Crippen MR) is 100 cm³/mol. The fourth-order valence-corrected chi connectivity index (χ4v) is 4.93. The molecule has 5 rings (SSSR count). The first kappa shape index (κ1) is 17.5. The number of likely N-dealkylation sites (tertiary alicyclic amines) is 1. The van der Waals surface area contributed by atoms with E-state index in [1.165, 1.54) is 19.3 Å². The molecule has 146 valence electrons. The molecule has 4 aliphatic rings. The van der Waals surface area contributed by atoms with Crippen LogP contribution < -0.4 is 5.32 Å². The molecule has 1 aliphatic carbocycles. The summed E-state index contributed by atoms with van der Waals surface area (Å²) in [5.74, 6) is 0.831. The van der Waals surface area contributed by atoms with Crippen LogP contribution in [0.3, 0.4) is 0 Å². The lowest BCUT2D eigenvalue weighted by atomic mass is 10.0. The number of ether oxygens (including phenoxy) is 1. The summed E-state index contributed by atoms with van der Waals surface area (Å²) in [6, 6.07) is 1.65. The van der Waals surface area contributed by atoms with Crippen molar-refractivity contribution in [3.05, 3.63) is 24.3 Å². The van der Waals surface area contributed by atoms with E-state index >= 15 is 0 Å². The first-order valence-corrected chi connectivity index (χ1v) is 10.4. The second-order valence-electron chi connectivity index (χ2n) is 8.57.